The zero-order chi connectivity index (χ0) is 31.8. The van der Waals surface area contributed by atoms with Gasteiger partial charge in [-0.25, -0.2) is 4.84 Å². The van der Waals surface area contributed by atoms with Crippen LogP contribution in [0.4, 0.5) is 0 Å². The number of nitrogens with one attached hydrogen (secondary N) is 1. The Hall–Kier alpha value is -2.41. The molecule has 0 aliphatic rings. The van der Waals surface area contributed by atoms with Gasteiger partial charge in [0.2, 0.25) is 0 Å². The zero-order valence-corrected chi connectivity index (χ0v) is 30.2. The molecule has 0 atom stereocenters. The normalized spacial score (nSPS) is 10.2. The van der Waals surface area contributed by atoms with E-state index in [4.69, 9.17) is 30.1 Å². The van der Waals surface area contributed by atoms with Crippen molar-refractivity contribution < 1.29 is 31.5 Å². The van der Waals surface area contributed by atoms with Crippen LogP contribution in [0.1, 0.15) is 30.8 Å². The molecule has 5 aromatic rings. The molecule has 0 spiro atoms. The Morgan fingerprint density at radius 3 is 1.64 bits per heavy atom. The van der Waals surface area contributed by atoms with Gasteiger partial charge >= 0.3 is 0 Å². The summed E-state index contributed by atoms with van der Waals surface area (Å²) in [6.07, 6.45) is 0. The molecule has 2 N–H and O–H groups in total. The smallest absolute Gasteiger partial charge is 0.297 e. The molecule has 44 heavy (non-hydrogen) atoms. The summed E-state index contributed by atoms with van der Waals surface area (Å²) in [4.78, 5) is 2.34. The molecule has 2 heterocycles. The molecule has 0 radical (unpaired) electrons. The Balaban J connectivity index is 0.000000412. The topological polar surface area (TPSA) is 128 Å². The predicted molar refractivity (Wildman–Crippen MR) is 185 cm³/mol. The maximum Gasteiger partial charge on any atom is 0.297 e. The molecule has 0 saturated heterocycles. The molecule has 238 valence electrons. The lowest BCUT2D eigenvalue weighted by atomic mass is 10.2. The molecule has 0 aliphatic heterocycles. The van der Waals surface area contributed by atoms with E-state index < -0.39 is 10.1 Å². The fourth-order valence-corrected chi connectivity index (χ4v) is 4.78. The maximum absolute atomic E-state index is 12.1. The molecule has 2 aromatic heterocycles. The first-order valence-corrected chi connectivity index (χ1v) is 16.9. The zero-order valence-electron chi connectivity index (χ0n) is 24.3. The van der Waals surface area contributed by atoms with Crippen LogP contribution in [0.2, 0.25) is 0 Å². The van der Waals surface area contributed by atoms with Gasteiger partial charge < -0.3 is 18.9 Å². The lowest BCUT2D eigenvalue weighted by molar-refractivity contribution is -0.0000139. The summed E-state index contributed by atoms with van der Waals surface area (Å²) in [7, 11) is -2.18. The van der Waals surface area contributed by atoms with Crippen molar-refractivity contribution in [2.45, 2.75) is 38.9 Å². The predicted octanol–water partition coefficient (Wildman–Crippen LogP) is 4.99. The molecule has 5 rings (SSSR count). The number of rotatable bonds is 7. The van der Waals surface area contributed by atoms with Gasteiger partial charge in [-0.1, -0.05) is 66.1 Å². The number of aliphatic hydroxyl groups excluding tert-OH is 1. The number of hydrogen-bond acceptors (Lipinski definition) is 9. The highest BCUT2D eigenvalue weighted by atomic mass is 127. The fraction of sp³-hybridized carbons (Fsp3) is 0.200. The minimum Gasteiger partial charge on any atom is -1.00 e. The number of benzene rings is 3. The third kappa shape index (κ3) is 12.9. The number of halogens is 4. The van der Waals surface area contributed by atoms with Crippen LogP contribution in [0.15, 0.2) is 98.9 Å². The highest BCUT2D eigenvalue weighted by Gasteiger charge is 2.17. The number of nitrogens with zero attached hydrogens (tertiary/aromatic N) is 2. The summed E-state index contributed by atoms with van der Waals surface area (Å²) < 4.78 is 42.0. The molecule has 0 saturated carbocycles. The van der Waals surface area contributed by atoms with Crippen LogP contribution in [0.5, 0.6) is 0 Å². The van der Waals surface area contributed by atoms with Gasteiger partial charge in [0.1, 0.15) is 18.0 Å². The summed E-state index contributed by atoms with van der Waals surface area (Å²) in [5.74, 6) is 1.25. The van der Waals surface area contributed by atoms with Gasteiger partial charge in [-0.2, -0.15) is 8.42 Å². The largest absolute Gasteiger partial charge is 1.00 e. The molecular formula is C30H32ClFI2N3O6S-. The SMILES string of the molecule is CC.CNCl.Cc1ccc(S(=O)(=O)OCc2cc(-c3ccc(I)cc3)on2)cc1.OCc1cc(-c2ccc(I)cc2)on1.[F-]. The van der Waals surface area contributed by atoms with Crippen LogP contribution >= 0.6 is 57.0 Å². The van der Waals surface area contributed by atoms with Gasteiger partial charge in [0.25, 0.3) is 10.1 Å². The molecular weight excluding hydrogens is 839 g/mol. The average Bonchev–Trinajstić information content (AvgIpc) is 3.69. The van der Waals surface area contributed by atoms with E-state index in [0.717, 1.165) is 20.3 Å². The minimum absolute atomic E-state index is 0. The van der Waals surface area contributed by atoms with Gasteiger partial charge in [0, 0.05) is 30.4 Å². The van der Waals surface area contributed by atoms with Crippen LogP contribution < -0.4 is 9.54 Å². The van der Waals surface area contributed by atoms with Crippen LogP contribution in [0.3, 0.4) is 0 Å². The van der Waals surface area contributed by atoms with Crippen molar-refractivity contribution in [1.29, 1.82) is 0 Å². The summed E-state index contributed by atoms with van der Waals surface area (Å²) in [5.41, 5.74) is 3.79. The third-order valence-corrected chi connectivity index (χ3v) is 7.92. The van der Waals surface area contributed by atoms with Crippen molar-refractivity contribution in [3.8, 4) is 22.6 Å². The summed E-state index contributed by atoms with van der Waals surface area (Å²) in [5, 5.41) is 16.4. The van der Waals surface area contributed by atoms with E-state index in [-0.39, 0.29) is 22.8 Å². The Morgan fingerprint density at radius 1 is 0.818 bits per heavy atom. The molecule has 0 fully saturated rings. The van der Waals surface area contributed by atoms with E-state index in [1.54, 1.807) is 31.3 Å². The Labute approximate surface area is 289 Å². The molecule has 0 amide bonds. The molecule has 3 aromatic carbocycles. The Bertz CT molecular complexity index is 1620. The van der Waals surface area contributed by atoms with Crippen LogP contribution in [-0.2, 0) is 27.5 Å². The van der Waals surface area contributed by atoms with E-state index in [1.807, 2.05) is 69.3 Å². The van der Waals surface area contributed by atoms with E-state index in [0.29, 0.717) is 22.9 Å². The third-order valence-electron chi connectivity index (χ3n) is 5.21. The standard InChI is InChI=1S/C17H14INO4S.C10H8INO2.C2H6.CH4ClN.FH/c1-12-2-8-16(9-3-12)24(20,21)22-11-15-10-17(23-19-15)13-4-6-14(18)7-5-13;11-8-3-1-7(2-4-8)10-5-9(6-13)12-14-10;1-2;1-3-2;/h2-10H,11H2,1H3;1-5,13H,6H2;1-2H3;3H,1H3;1H/p-1. The molecule has 0 bridgehead atoms. The van der Waals surface area contributed by atoms with Crippen LogP contribution in [0, 0.1) is 14.1 Å². The molecule has 14 heteroatoms. The van der Waals surface area contributed by atoms with Gasteiger partial charge in [0.15, 0.2) is 11.5 Å². The summed E-state index contributed by atoms with van der Waals surface area (Å²) in [6.45, 7) is 5.62. The second-order valence-electron chi connectivity index (χ2n) is 8.26. The molecule has 0 unspecified atom stereocenters. The van der Waals surface area contributed by atoms with E-state index in [9.17, 15) is 8.42 Å². The van der Waals surface area contributed by atoms with E-state index >= 15 is 0 Å². The first-order chi connectivity index (χ1) is 20.6. The maximum atomic E-state index is 12.1. The highest BCUT2D eigenvalue weighted by molar-refractivity contribution is 14.1. The van der Waals surface area contributed by atoms with Crippen molar-refractivity contribution in [3.63, 3.8) is 0 Å². The van der Waals surface area contributed by atoms with Crippen molar-refractivity contribution in [3.05, 3.63) is 109 Å². The first-order valence-electron chi connectivity index (χ1n) is 12.9. The molecule has 9 nitrogen and oxygen atoms in total. The second kappa shape index (κ2) is 20.6. The fourth-order valence-electron chi connectivity index (χ4n) is 3.18. The van der Waals surface area contributed by atoms with Gasteiger partial charge in [-0.05, 0) is 107 Å². The lowest BCUT2D eigenvalue weighted by Crippen LogP contribution is -3.00. The van der Waals surface area contributed by atoms with Crippen molar-refractivity contribution >= 4 is 67.1 Å². The Morgan fingerprint density at radius 2 is 1.23 bits per heavy atom. The van der Waals surface area contributed by atoms with E-state index in [2.05, 4.69) is 60.3 Å². The van der Waals surface area contributed by atoms with Gasteiger partial charge in [-0.15, -0.1) is 0 Å². The first kappa shape index (κ1) is 39.6. The number of aliphatic hydroxyl groups is 1. The number of hydrogen-bond donors (Lipinski definition) is 2. The summed E-state index contributed by atoms with van der Waals surface area (Å²) >= 11 is 9.21. The number of aryl methyl sites for hydroxylation is 1. The van der Waals surface area contributed by atoms with Crippen molar-refractivity contribution in [2.75, 3.05) is 7.05 Å². The monoisotopic (exact) mass is 870 g/mol. The van der Waals surface area contributed by atoms with Crippen LogP contribution in [-0.4, -0.2) is 30.9 Å². The average molecular weight is 871 g/mol. The second-order valence-corrected chi connectivity index (χ2v) is 12.7. The van der Waals surface area contributed by atoms with E-state index in [1.165, 1.54) is 15.7 Å². The highest BCUT2D eigenvalue weighted by Crippen LogP contribution is 2.23. The van der Waals surface area contributed by atoms with Gasteiger partial charge in [-0.3, -0.25) is 4.18 Å². The molecule has 0 aliphatic carbocycles. The Kier molecular flexibility index (Phi) is 18.5. The van der Waals surface area contributed by atoms with Crippen LogP contribution in [0.25, 0.3) is 22.6 Å². The lowest BCUT2D eigenvalue weighted by Gasteiger charge is -2.04. The van der Waals surface area contributed by atoms with Gasteiger partial charge in [0.05, 0.1) is 11.5 Å². The minimum atomic E-state index is -3.82. The quantitative estimate of drug-likeness (QED) is 0.132. The van der Waals surface area contributed by atoms with Crippen molar-refractivity contribution in [2.24, 2.45) is 0 Å². The van der Waals surface area contributed by atoms with Crippen molar-refractivity contribution in [1.82, 2.24) is 15.1 Å². The summed E-state index contributed by atoms with van der Waals surface area (Å²) in [6, 6.07) is 25.5. The number of aromatic nitrogens is 2.